The fraction of sp³-hybridized carbons (Fsp3) is 0.290. The van der Waals surface area contributed by atoms with Crippen molar-refractivity contribution in [3.05, 3.63) is 117 Å². The fourth-order valence-electron chi connectivity index (χ4n) is 4.94. The average molecular weight is 539 g/mol. The Balaban J connectivity index is 1.66. The van der Waals surface area contributed by atoms with E-state index in [-0.39, 0.29) is 5.56 Å². The molecule has 206 valence electrons. The van der Waals surface area contributed by atoms with Gasteiger partial charge in [0.25, 0.3) is 5.56 Å². The van der Waals surface area contributed by atoms with E-state index in [4.69, 9.17) is 9.47 Å². The Kier molecular flexibility index (Phi) is 8.63. The molecule has 0 aliphatic heterocycles. The highest BCUT2D eigenvalue weighted by atomic mass is 16.5. The van der Waals surface area contributed by atoms with Crippen LogP contribution in [0.4, 0.5) is 0 Å². The van der Waals surface area contributed by atoms with Gasteiger partial charge in [-0.15, -0.1) is 5.10 Å². The second-order valence-corrected chi connectivity index (χ2v) is 9.77. The molecule has 2 heterocycles. The predicted molar refractivity (Wildman–Crippen MR) is 154 cm³/mol. The molecule has 0 aliphatic carbocycles. The summed E-state index contributed by atoms with van der Waals surface area (Å²) in [5.74, 6) is 1.40. The second kappa shape index (κ2) is 12.7. The number of methoxy groups -OCH3 is 1. The molecule has 0 bridgehead atoms. The maximum absolute atomic E-state index is 13.7. The van der Waals surface area contributed by atoms with E-state index in [1.165, 1.54) is 0 Å². The predicted octanol–water partition coefficient (Wildman–Crippen LogP) is 4.66. The number of nitrogens with zero attached hydrogens (tertiary/aromatic N) is 5. The lowest BCUT2D eigenvalue weighted by molar-refractivity contribution is 0.169. The minimum absolute atomic E-state index is 0.174. The van der Waals surface area contributed by atoms with Gasteiger partial charge in [-0.05, 0) is 71.1 Å². The van der Waals surface area contributed by atoms with E-state index in [9.17, 15) is 4.79 Å². The number of benzene rings is 3. The Morgan fingerprint density at radius 2 is 1.73 bits per heavy atom. The van der Waals surface area contributed by atoms with E-state index < -0.39 is 6.04 Å². The molecule has 9 heteroatoms. The molecule has 1 N–H and O–H groups in total. The molecule has 0 fully saturated rings. The summed E-state index contributed by atoms with van der Waals surface area (Å²) in [4.78, 5) is 19.0. The van der Waals surface area contributed by atoms with E-state index in [1.807, 2.05) is 62.4 Å². The van der Waals surface area contributed by atoms with Crippen LogP contribution < -0.4 is 10.3 Å². The quantitative estimate of drug-likeness (QED) is 0.247. The molecular weight excluding hydrogens is 504 g/mol. The molecule has 0 saturated heterocycles. The van der Waals surface area contributed by atoms with Crippen LogP contribution in [0.25, 0.3) is 10.9 Å². The largest absolute Gasteiger partial charge is 0.494 e. The van der Waals surface area contributed by atoms with E-state index in [0.717, 1.165) is 33.3 Å². The molecule has 5 aromatic rings. The van der Waals surface area contributed by atoms with Gasteiger partial charge >= 0.3 is 0 Å². The van der Waals surface area contributed by atoms with Crippen LogP contribution in [0.5, 0.6) is 5.75 Å². The number of ether oxygens (including phenoxy) is 2. The number of aromatic nitrogens is 5. The lowest BCUT2D eigenvalue weighted by atomic mass is 10.0. The molecule has 3 aromatic carbocycles. The molecule has 9 nitrogen and oxygen atoms in total. The van der Waals surface area contributed by atoms with Gasteiger partial charge in [-0.2, -0.15) is 0 Å². The molecule has 0 spiro atoms. The highest BCUT2D eigenvalue weighted by Crippen LogP contribution is 2.30. The van der Waals surface area contributed by atoms with Crippen molar-refractivity contribution >= 4 is 10.9 Å². The van der Waals surface area contributed by atoms with Crippen molar-refractivity contribution in [2.75, 3.05) is 20.3 Å². The van der Waals surface area contributed by atoms with E-state index in [0.29, 0.717) is 44.2 Å². The van der Waals surface area contributed by atoms with Crippen molar-refractivity contribution in [1.82, 2.24) is 30.1 Å². The van der Waals surface area contributed by atoms with Gasteiger partial charge in [0.1, 0.15) is 11.8 Å². The van der Waals surface area contributed by atoms with Crippen molar-refractivity contribution in [3.63, 3.8) is 0 Å². The van der Waals surface area contributed by atoms with Crippen molar-refractivity contribution in [1.29, 1.82) is 0 Å². The summed E-state index contributed by atoms with van der Waals surface area (Å²) in [6, 6.07) is 25.7. The Morgan fingerprint density at radius 3 is 2.45 bits per heavy atom. The number of hydrogen-bond acceptors (Lipinski definition) is 7. The third-order valence-electron chi connectivity index (χ3n) is 6.85. The third kappa shape index (κ3) is 6.27. The van der Waals surface area contributed by atoms with Gasteiger partial charge in [-0.25, -0.2) is 4.68 Å². The molecule has 0 radical (unpaired) electrons. The van der Waals surface area contributed by atoms with Crippen LogP contribution in [-0.4, -0.2) is 50.4 Å². The standard InChI is InChI=1S/C31H34N6O3/c1-4-40-26-13-11-24(12-14-26)21-36(20-23-8-6-5-7-9-23)29(30-33-34-35-37(30)16-17-39-3)27-19-25-18-22(2)10-15-28(25)32-31(27)38/h5-15,18-19,29H,4,16-17,20-21H2,1-3H3,(H,32,38)/t29-/m0/s1. The van der Waals surface area contributed by atoms with Crippen LogP contribution in [0.2, 0.25) is 0 Å². The smallest absolute Gasteiger partial charge is 0.253 e. The number of tetrazole rings is 1. The summed E-state index contributed by atoms with van der Waals surface area (Å²) < 4.78 is 12.7. The molecular formula is C31H34N6O3. The lowest BCUT2D eigenvalue weighted by Crippen LogP contribution is -2.35. The molecule has 2 aromatic heterocycles. The number of aromatic amines is 1. The van der Waals surface area contributed by atoms with Crippen LogP contribution in [0.1, 0.15) is 41.0 Å². The summed E-state index contributed by atoms with van der Waals surface area (Å²) in [5, 5.41) is 13.7. The van der Waals surface area contributed by atoms with Crippen LogP contribution in [0, 0.1) is 6.92 Å². The zero-order valence-corrected chi connectivity index (χ0v) is 23.1. The number of aryl methyl sites for hydroxylation is 1. The summed E-state index contributed by atoms with van der Waals surface area (Å²) >= 11 is 0. The number of fused-ring (bicyclic) bond motifs is 1. The average Bonchev–Trinajstić information content (AvgIpc) is 3.42. The zero-order valence-electron chi connectivity index (χ0n) is 23.1. The van der Waals surface area contributed by atoms with E-state index >= 15 is 0 Å². The van der Waals surface area contributed by atoms with E-state index in [1.54, 1.807) is 11.8 Å². The Morgan fingerprint density at radius 1 is 0.975 bits per heavy atom. The topological polar surface area (TPSA) is 98.2 Å². The first-order valence-electron chi connectivity index (χ1n) is 13.4. The highest BCUT2D eigenvalue weighted by molar-refractivity contribution is 5.79. The van der Waals surface area contributed by atoms with E-state index in [2.05, 4.69) is 55.7 Å². The molecule has 40 heavy (non-hydrogen) atoms. The van der Waals surface area contributed by atoms with Gasteiger partial charge < -0.3 is 14.5 Å². The minimum atomic E-state index is -0.535. The molecule has 0 unspecified atom stereocenters. The van der Waals surface area contributed by atoms with Crippen molar-refractivity contribution < 1.29 is 9.47 Å². The lowest BCUT2D eigenvalue weighted by Gasteiger charge is -2.31. The Labute approximate surface area is 233 Å². The molecule has 1 atom stereocenters. The van der Waals surface area contributed by atoms with Crippen molar-refractivity contribution in [3.8, 4) is 5.75 Å². The fourth-order valence-corrected chi connectivity index (χ4v) is 4.94. The van der Waals surface area contributed by atoms with Gasteiger partial charge in [-0.3, -0.25) is 9.69 Å². The maximum atomic E-state index is 13.7. The summed E-state index contributed by atoms with van der Waals surface area (Å²) in [7, 11) is 1.64. The van der Waals surface area contributed by atoms with Crippen molar-refractivity contribution in [2.45, 2.75) is 39.5 Å². The number of rotatable bonds is 12. The summed E-state index contributed by atoms with van der Waals surface area (Å²) in [5.41, 5.74) is 4.50. The zero-order chi connectivity index (χ0) is 27.9. The molecule has 5 rings (SSSR count). The number of nitrogens with one attached hydrogen (secondary N) is 1. The van der Waals surface area contributed by atoms with Gasteiger partial charge in [0.15, 0.2) is 5.82 Å². The maximum Gasteiger partial charge on any atom is 0.253 e. The van der Waals surface area contributed by atoms with Crippen LogP contribution >= 0.6 is 0 Å². The second-order valence-electron chi connectivity index (χ2n) is 9.77. The number of H-pyrrole nitrogens is 1. The molecule has 0 amide bonds. The van der Waals surface area contributed by atoms with Crippen molar-refractivity contribution in [2.24, 2.45) is 0 Å². The first-order chi connectivity index (χ1) is 19.6. The SMILES string of the molecule is CCOc1ccc(CN(Cc2ccccc2)[C@@H](c2cc3cc(C)ccc3[nH]c2=O)c2nnnn2CCOC)cc1. The number of pyridine rings is 1. The Hall–Kier alpha value is -4.34. The normalized spacial score (nSPS) is 12.2. The monoisotopic (exact) mass is 538 g/mol. The first kappa shape index (κ1) is 27.2. The molecule has 0 saturated carbocycles. The van der Waals surface area contributed by atoms with Gasteiger partial charge in [0, 0.05) is 31.3 Å². The van der Waals surface area contributed by atoms with Crippen LogP contribution in [-0.2, 0) is 24.4 Å². The van der Waals surface area contributed by atoms with Gasteiger partial charge in [0.05, 0.1) is 19.8 Å². The summed E-state index contributed by atoms with van der Waals surface area (Å²) in [6.07, 6.45) is 0. The minimum Gasteiger partial charge on any atom is -0.494 e. The Bertz CT molecular complexity index is 1600. The summed E-state index contributed by atoms with van der Waals surface area (Å²) in [6.45, 7) is 6.64. The number of hydrogen-bond donors (Lipinski definition) is 1. The van der Waals surface area contributed by atoms with Gasteiger partial charge in [-0.1, -0.05) is 54.1 Å². The highest BCUT2D eigenvalue weighted by Gasteiger charge is 2.31. The van der Waals surface area contributed by atoms with Crippen LogP contribution in [0.3, 0.4) is 0 Å². The molecule has 0 aliphatic rings. The first-order valence-corrected chi connectivity index (χ1v) is 13.4. The third-order valence-corrected chi connectivity index (χ3v) is 6.85. The van der Waals surface area contributed by atoms with Crippen LogP contribution in [0.15, 0.2) is 83.7 Å². The van der Waals surface area contributed by atoms with Gasteiger partial charge in [0.2, 0.25) is 0 Å².